The number of carbonyl (C=O) groups excluding carboxylic acids is 1. The maximum Gasteiger partial charge on any atom is 0.416 e. The first-order valence-corrected chi connectivity index (χ1v) is 13.9. The highest BCUT2D eigenvalue weighted by atomic mass is 19.4. The SMILES string of the molecule is CCOc1ncccc1-c1ccc(C2(C(=O)NC3CCN(C)C3)CCN(c3ccc(C(F)(F)F)cc3C#N)CC2)nn1. The van der Waals surface area contributed by atoms with Crippen molar-refractivity contribution in [3.05, 3.63) is 65.5 Å². The Bertz CT molecular complexity index is 1460. The molecule has 1 amide bonds. The Morgan fingerprint density at radius 2 is 1.95 bits per heavy atom. The van der Waals surface area contributed by atoms with Crippen molar-refractivity contribution >= 4 is 11.6 Å². The maximum atomic E-state index is 14.0. The summed E-state index contributed by atoms with van der Waals surface area (Å²) >= 11 is 0. The van der Waals surface area contributed by atoms with Crippen LogP contribution in [-0.4, -0.2) is 71.9 Å². The fourth-order valence-electron chi connectivity index (χ4n) is 5.75. The van der Waals surface area contributed by atoms with E-state index in [-0.39, 0.29) is 17.5 Å². The van der Waals surface area contributed by atoms with E-state index in [0.29, 0.717) is 61.1 Å². The maximum absolute atomic E-state index is 14.0. The number of anilines is 1. The van der Waals surface area contributed by atoms with E-state index in [1.54, 1.807) is 24.4 Å². The number of aromatic nitrogens is 3. The van der Waals surface area contributed by atoms with Crippen molar-refractivity contribution in [2.24, 2.45) is 0 Å². The Kier molecular flexibility index (Phi) is 8.31. The van der Waals surface area contributed by atoms with Gasteiger partial charge in [0.1, 0.15) is 6.07 Å². The number of likely N-dealkylation sites (tertiary alicyclic amines) is 1. The van der Waals surface area contributed by atoms with Crippen LogP contribution in [0.3, 0.4) is 0 Å². The Morgan fingerprint density at radius 1 is 1.17 bits per heavy atom. The molecule has 12 heteroatoms. The molecular weight excluding hydrogens is 547 g/mol. The Hall–Kier alpha value is -4.24. The molecule has 0 spiro atoms. The number of pyridine rings is 1. The van der Waals surface area contributed by atoms with Gasteiger partial charge in [0.05, 0.1) is 45.8 Å². The molecule has 1 atom stereocenters. The van der Waals surface area contributed by atoms with Crippen LogP contribution in [0.4, 0.5) is 18.9 Å². The van der Waals surface area contributed by atoms with Gasteiger partial charge in [0, 0.05) is 31.9 Å². The van der Waals surface area contributed by atoms with Gasteiger partial charge in [0.25, 0.3) is 0 Å². The number of carbonyl (C=O) groups is 1. The van der Waals surface area contributed by atoms with E-state index < -0.39 is 17.2 Å². The average Bonchev–Trinajstić information content (AvgIpc) is 3.41. The minimum Gasteiger partial charge on any atom is -0.477 e. The van der Waals surface area contributed by atoms with Crippen molar-refractivity contribution in [2.75, 3.05) is 44.7 Å². The third kappa shape index (κ3) is 5.87. The summed E-state index contributed by atoms with van der Waals surface area (Å²) in [6.07, 6.45) is -1.37. The average molecular weight is 580 g/mol. The highest BCUT2D eigenvalue weighted by Gasteiger charge is 2.46. The molecule has 2 fully saturated rings. The summed E-state index contributed by atoms with van der Waals surface area (Å²) in [4.78, 5) is 22.3. The van der Waals surface area contributed by atoms with Crippen LogP contribution in [-0.2, 0) is 16.4 Å². The van der Waals surface area contributed by atoms with Crippen molar-refractivity contribution in [1.82, 2.24) is 25.4 Å². The molecule has 0 saturated carbocycles. The second-order valence-corrected chi connectivity index (χ2v) is 10.7. The van der Waals surface area contributed by atoms with Crippen LogP contribution >= 0.6 is 0 Å². The molecule has 3 aromatic rings. The third-order valence-electron chi connectivity index (χ3n) is 8.05. The number of benzene rings is 1. The van der Waals surface area contributed by atoms with Gasteiger partial charge in [0.15, 0.2) is 0 Å². The number of hydrogen-bond acceptors (Lipinski definition) is 8. The van der Waals surface area contributed by atoms with Gasteiger partial charge in [-0.15, -0.1) is 0 Å². The lowest BCUT2D eigenvalue weighted by atomic mass is 9.74. The number of piperidine rings is 1. The quantitative estimate of drug-likeness (QED) is 0.444. The summed E-state index contributed by atoms with van der Waals surface area (Å²) in [7, 11) is 2.01. The van der Waals surface area contributed by atoms with Gasteiger partial charge in [-0.25, -0.2) is 4.98 Å². The number of rotatable bonds is 7. The summed E-state index contributed by atoms with van der Waals surface area (Å²) in [5.41, 5.74) is 0.256. The molecule has 4 heterocycles. The van der Waals surface area contributed by atoms with Crippen molar-refractivity contribution in [3.63, 3.8) is 0 Å². The van der Waals surface area contributed by atoms with Crippen LogP contribution in [0.25, 0.3) is 11.3 Å². The van der Waals surface area contributed by atoms with Crippen LogP contribution in [0.2, 0.25) is 0 Å². The number of halogens is 3. The van der Waals surface area contributed by atoms with Crippen molar-refractivity contribution < 1.29 is 22.7 Å². The number of likely N-dealkylation sites (N-methyl/N-ethyl adjacent to an activating group) is 1. The molecule has 2 aromatic heterocycles. The highest BCUT2D eigenvalue weighted by Crippen LogP contribution is 2.39. The van der Waals surface area contributed by atoms with Crippen LogP contribution in [0.1, 0.15) is 43.0 Å². The number of nitriles is 1. The van der Waals surface area contributed by atoms with Crippen LogP contribution in [0.5, 0.6) is 5.88 Å². The lowest BCUT2D eigenvalue weighted by Crippen LogP contribution is -2.54. The predicted octanol–water partition coefficient (Wildman–Crippen LogP) is 4.19. The smallest absolute Gasteiger partial charge is 0.416 e. The summed E-state index contributed by atoms with van der Waals surface area (Å²) < 4.78 is 45.4. The normalized spacial score (nSPS) is 18.9. The zero-order valence-corrected chi connectivity index (χ0v) is 23.5. The zero-order valence-electron chi connectivity index (χ0n) is 23.5. The van der Waals surface area contributed by atoms with Crippen LogP contribution in [0, 0.1) is 11.3 Å². The predicted molar refractivity (Wildman–Crippen MR) is 150 cm³/mol. The molecule has 1 unspecified atom stereocenters. The summed E-state index contributed by atoms with van der Waals surface area (Å²) in [5, 5.41) is 21.8. The lowest BCUT2D eigenvalue weighted by molar-refractivity contribution is -0.137. The van der Waals surface area contributed by atoms with E-state index in [1.165, 1.54) is 6.07 Å². The molecular formula is C30H32F3N7O2. The molecule has 1 N–H and O–H groups in total. The lowest BCUT2D eigenvalue weighted by Gasteiger charge is -2.41. The molecule has 0 bridgehead atoms. The largest absolute Gasteiger partial charge is 0.477 e. The number of hydrogen-bond donors (Lipinski definition) is 1. The molecule has 9 nitrogen and oxygen atoms in total. The summed E-state index contributed by atoms with van der Waals surface area (Å²) in [6.45, 7) is 4.64. The van der Waals surface area contributed by atoms with E-state index in [4.69, 9.17) is 4.74 Å². The second-order valence-electron chi connectivity index (χ2n) is 10.7. The first-order valence-electron chi connectivity index (χ1n) is 13.9. The number of amides is 1. The topological polar surface area (TPSA) is 107 Å². The van der Waals surface area contributed by atoms with Gasteiger partial charge >= 0.3 is 6.18 Å². The minimum atomic E-state index is -4.54. The van der Waals surface area contributed by atoms with Gasteiger partial charge in [0.2, 0.25) is 11.8 Å². The highest BCUT2D eigenvalue weighted by molar-refractivity contribution is 5.88. The third-order valence-corrected chi connectivity index (χ3v) is 8.05. The van der Waals surface area contributed by atoms with Crippen LogP contribution in [0.15, 0.2) is 48.7 Å². The Balaban J connectivity index is 1.44. The molecule has 0 aliphatic carbocycles. The number of ether oxygens (including phenoxy) is 1. The van der Waals surface area contributed by atoms with Gasteiger partial charge in [-0.05, 0) is 82.2 Å². The molecule has 2 saturated heterocycles. The molecule has 42 heavy (non-hydrogen) atoms. The fourth-order valence-corrected chi connectivity index (χ4v) is 5.75. The molecule has 0 radical (unpaired) electrons. The van der Waals surface area contributed by atoms with E-state index in [9.17, 15) is 23.2 Å². The van der Waals surface area contributed by atoms with E-state index in [1.807, 2.05) is 31.0 Å². The second kappa shape index (κ2) is 11.9. The summed E-state index contributed by atoms with van der Waals surface area (Å²) in [6, 6.07) is 12.3. The number of nitrogens with zero attached hydrogens (tertiary/aromatic N) is 6. The van der Waals surface area contributed by atoms with E-state index in [2.05, 4.69) is 25.4 Å². The minimum absolute atomic E-state index is 0.00823. The molecule has 2 aliphatic rings. The van der Waals surface area contributed by atoms with Crippen molar-refractivity contribution in [3.8, 4) is 23.2 Å². The van der Waals surface area contributed by atoms with Gasteiger partial charge in [-0.2, -0.15) is 28.6 Å². The van der Waals surface area contributed by atoms with Gasteiger partial charge in [-0.1, -0.05) is 0 Å². The fraction of sp³-hybridized carbons (Fsp3) is 0.433. The molecule has 1 aromatic carbocycles. The van der Waals surface area contributed by atoms with Crippen LogP contribution < -0.4 is 15.0 Å². The molecule has 5 rings (SSSR count). The Morgan fingerprint density at radius 3 is 2.57 bits per heavy atom. The van der Waals surface area contributed by atoms with E-state index >= 15 is 0 Å². The standard InChI is InChI=1S/C30H32F3N7O2/c1-3-42-27-23(5-4-13-35-27)24-7-9-26(38-37-24)29(28(41)36-22-10-14-39(2)19-22)11-15-40(16-12-29)25-8-6-21(30(31,32)33)17-20(25)18-34/h4-9,13,17,22H,3,10-12,14-16,19H2,1-2H3,(H,36,41). The number of alkyl halides is 3. The van der Waals surface area contributed by atoms with Gasteiger partial charge < -0.3 is 19.9 Å². The Labute approximate surface area is 242 Å². The number of nitrogens with one attached hydrogen (secondary N) is 1. The molecule has 220 valence electrons. The van der Waals surface area contributed by atoms with Crippen molar-refractivity contribution in [1.29, 1.82) is 5.26 Å². The monoisotopic (exact) mass is 579 g/mol. The first kappa shape index (κ1) is 29.3. The van der Waals surface area contributed by atoms with Gasteiger partial charge in [-0.3, -0.25) is 4.79 Å². The first-order chi connectivity index (χ1) is 20.1. The molecule has 2 aliphatic heterocycles. The van der Waals surface area contributed by atoms with E-state index in [0.717, 1.165) is 31.6 Å². The van der Waals surface area contributed by atoms with Crippen molar-refractivity contribution in [2.45, 2.75) is 43.8 Å². The zero-order chi connectivity index (χ0) is 29.9. The summed E-state index contributed by atoms with van der Waals surface area (Å²) in [5.74, 6) is 0.298.